The van der Waals surface area contributed by atoms with Gasteiger partial charge in [-0.25, -0.2) is 0 Å². The first-order chi connectivity index (χ1) is 10.1. The van der Waals surface area contributed by atoms with Crippen molar-refractivity contribution in [2.75, 3.05) is 5.75 Å². The van der Waals surface area contributed by atoms with Crippen LogP contribution in [0.4, 0.5) is 0 Å². The van der Waals surface area contributed by atoms with Gasteiger partial charge >= 0.3 is 0 Å². The van der Waals surface area contributed by atoms with Gasteiger partial charge in [0.05, 0.1) is 11.0 Å². The molecule has 0 bridgehead atoms. The number of aryl methyl sites for hydroxylation is 1. The summed E-state index contributed by atoms with van der Waals surface area (Å²) in [5.74, 6) is 3.14. The predicted molar refractivity (Wildman–Crippen MR) is 89.8 cm³/mol. The second-order valence-corrected chi connectivity index (χ2v) is 7.62. The maximum Gasteiger partial charge on any atom is 0.202 e. The largest absolute Gasteiger partial charge is 0.491 e. The highest BCUT2D eigenvalue weighted by atomic mass is 32.2. The van der Waals surface area contributed by atoms with Gasteiger partial charge in [-0.15, -0.1) is 11.3 Å². The lowest BCUT2D eigenvalue weighted by Crippen LogP contribution is -2.06. The van der Waals surface area contributed by atoms with Crippen LogP contribution in [0, 0.1) is 0 Å². The Hall–Kier alpha value is -1.26. The van der Waals surface area contributed by atoms with E-state index in [0.29, 0.717) is 0 Å². The number of carbonyl (C=O) groups is 1. The number of fused-ring (bicyclic) bond motifs is 1. The van der Waals surface area contributed by atoms with Crippen LogP contribution in [0.3, 0.4) is 0 Å². The van der Waals surface area contributed by atoms with Crippen LogP contribution in [0.2, 0.25) is 0 Å². The molecule has 0 unspecified atom stereocenters. The Kier molecular flexibility index (Phi) is 4.36. The summed E-state index contributed by atoms with van der Waals surface area (Å²) in [6.07, 6.45) is 1.24. The summed E-state index contributed by atoms with van der Waals surface area (Å²) in [6.45, 7) is 3.99. The number of thiophene rings is 1. The number of thioether (sulfide) groups is 1. The summed E-state index contributed by atoms with van der Waals surface area (Å²) in [5.41, 5.74) is 2.08. The van der Waals surface area contributed by atoms with E-state index in [0.717, 1.165) is 28.4 Å². The van der Waals surface area contributed by atoms with Gasteiger partial charge < -0.3 is 4.74 Å². The van der Waals surface area contributed by atoms with E-state index in [2.05, 4.69) is 6.07 Å². The third kappa shape index (κ3) is 3.33. The highest BCUT2D eigenvalue weighted by molar-refractivity contribution is 7.98. The van der Waals surface area contributed by atoms with Crippen LogP contribution in [0.25, 0.3) is 0 Å². The summed E-state index contributed by atoms with van der Waals surface area (Å²) >= 11 is 3.60. The zero-order valence-corrected chi connectivity index (χ0v) is 13.9. The molecule has 110 valence electrons. The van der Waals surface area contributed by atoms with Gasteiger partial charge in [0.15, 0.2) is 0 Å². The minimum Gasteiger partial charge on any atom is -0.491 e. The fraction of sp³-hybridized carbons (Fsp3) is 0.353. The maximum absolute atomic E-state index is 12.6. The highest BCUT2D eigenvalue weighted by Gasteiger charge is 2.18. The van der Waals surface area contributed by atoms with Crippen molar-refractivity contribution >= 4 is 28.9 Å². The van der Waals surface area contributed by atoms with E-state index in [1.54, 1.807) is 11.3 Å². The number of hydrogen-bond donors (Lipinski definition) is 0. The molecule has 0 atom stereocenters. The highest BCUT2D eigenvalue weighted by Crippen LogP contribution is 2.32. The van der Waals surface area contributed by atoms with E-state index >= 15 is 0 Å². The summed E-state index contributed by atoms with van der Waals surface area (Å²) < 4.78 is 5.61. The Morgan fingerprint density at radius 1 is 1.24 bits per heavy atom. The predicted octanol–water partition coefficient (Wildman–Crippen LogP) is 4.56. The fourth-order valence-electron chi connectivity index (χ4n) is 2.36. The van der Waals surface area contributed by atoms with E-state index in [1.807, 2.05) is 49.9 Å². The zero-order valence-electron chi connectivity index (χ0n) is 12.2. The van der Waals surface area contributed by atoms with Crippen LogP contribution in [0.15, 0.2) is 30.3 Å². The SMILES string of the molecule is CC(C)Oc1ccc(C(=O)c2cc3c(s2)CCSC3)cc1. The molecule has 0 saturated carbocycles. The molecule has 0 spiro atoms. The quantitative estimate of drug-likeness (QED) is 0.773. The topological polar surface area (TPSA) is 26.3 Å². The summed E-state index contributed by atoms with van der Waals surface area (Å²) in [4.78, 5) is 14.8. The minimum absolute atomic E-state index is 0.121. The van der Waals surface area contributed by atoms with Gasteiger partial charge in [0.2, 0.25) is 5.78 Å². The lowest BCUT2D eigenvalue weighted by molar-refractivity contribution is 0.104. The first-order valence-electron chi connectivity index (χ1n) is 7.14. The van der Waals surface area contributed by atoms with Gasteiger partial charge in [-0.2, -0.15) is 11.8 Å². The van der Waals surface area contributed by atoms with Crippen molar-refractivity contribution in [3.05, 3.63) is 51.2 Å². The molecule has 3 rings (SSSR count). The molecule has 2 aromatic rings. The van der Waals surface area contributed by atoms with Crippen LogP contribution in [0.5, 0.6) is 5.75 Å². The molecule has 0 aliphatic carbocycles. The number of ketones is 1. The Labute approximate surface area is 133 Å². The Morgan fingerprint density at radius 3 is 2.67 bits per heavy atom. The lowest BCUT2D eigenvalue weighted by Gasteiger charge is -2.09. The molecule has 4 heteroatoms. The third-order valence-electron chi connectivity index (χ3n) is 3.34. The molecule has 1 aliphatic heterocycles. The number of carbonyl (C=O) groups excluding carboxylic acids is 1. The monoisotopic (exact) mass is 318 g/mol. The average molecular weight is 318 g/mol. The Bertz CT molecular complexity index is 618. The molecule has 1 aliphatic rings. The molecule has 2 nitrogen and oxygen atoms in total. The zero-order chi connectivity index (χ0) is 14.8. The number of hydrogen-bond acceptors (Lipinski definition) is 4. The van der Waals surface area contributed by atoms with Gasteiger partial charge in [-0.05, 0) is 61.9 Å². The second kappa shape index (κ2) is 6.24. The van der Waals surface area contributed by atoms with Gasteiger partial charge in [0, 0.05) is 16.2 Å². The van der Waals surface area contributed by atoms with Crippen molar-refractivity contribution in [2.45, 2.75) is 32.1 Å². The van der Waals surface area contributed by atoms with E-state index in [1.165, 1.54) is 16.2 Å². The van der Waals surface area contributed by atoms with Gasteiger partial charge in [0.25, 0.3) is 0 Å². The van der Waals surface area contributed by atoms with Gasteiger partial charge in [-0.1, -0.05) is 0 Å². The van der Waals surface area contributed by atoms with E-state index in [-0.39, 0.29) is 11.9 Å². The number of benzene rings is 1. The van der Waals surface area contributed by atoms with Gasteiger partial charge in [-0.3, -0.25) is 4.79 Å². The molecule has 1 aromatic carbocycles. The summed E-state index contributed by atoms with van der Waals surface area (Å²) in [5, 5.41) is 0. The van der Waals surface area contributed by atoms with Crippen LogP contribution >= 0.6 is 23.1 Å². The van der Waals surface area contributed by atoms with Crippen molar-refractivity contribution in [3.8, 4) is 5.75 Å². The molecular weight excluding hydrogens is 300 g/mol. The van der Waals surface area contributed by atoms with Crippen molar-refractivity contribution in [1.29, 1.82) is 0 Å². The third-order valence-corrected chi connectivity index (χ3v) is 5.58. The van der Waals surface area contributed by atoms with Crippen molar-refractivity contribution in [2.24, 2.45) is 0 Å². The van der Waals surface area contributed by atoms with Gasteiger partial charge in [0.1, 0.15) is 5.75 Å². The smallest absolute Gasteiger partial charge is 0.202 e. The first kappa shape index (κ1) is 14.7. The van der Waals surface area contributed by atoms with Crippen molar-refractivity contribution < 1.29 is 9.53 Å². The molecule has 1 aromatic heterocycles. The van der Waals surface area contributed by atoms with E-state index < -0.39 is 0 Å². The van der Waals surface area contributed by atoms with Crippen LogP contribution in [-0.2, 0) is 12.2 Å². The van der Waals surface area contributed by atoms with Crippen LogP contribution in [0.1, 0.15) is 39.5 Å². The molecular formula is C17H18O2S2. The molecule has 0 fully saturated rings. The Morgan fingerprint density at radius 2 is 2.00 bits per heavy atom. The summed E-state index contributed by atoms with van der Waals surface area (Å²) in [6, 6.07) is 9.53. The molecule has 2 heterocycles. The number of rotatable bonds is 4. The van der Waals surface area contributed by atoms with Crippen LogP contribution in [-0.4, -0.2) is 17.6 Å². The lowest BCUT2D eigenvalue weighted by atomic mass is 10.1. The first-order valence-corrected chi connectivity index (χ1v) is 9.11. The molecule has 21 heavy (non-hydrogen) atoms. The molecule has 0 radical (unpaired) electrons. The van der Waals surface area contributed by atoms with E-state index in [4.69, 9.17) is 4.74 Å². The van der Waals surface area contributed by atoms with Crippen LogP contribution < -0.4 is 4.74 Å². The molecule has 0 N–H and O–H groups in total. The molecule has 0 amide bonds. The average Bonchev–Trinajstić information content (AvgIpc) is 2.90. The fourth-order valence-corrected chi connectivity index (χ4v) is 4.69. The molecule has 0 saturated heterocycles. The Balaban J connectivity index is 1.79. The normalized spacial score (nSPS) is 14.0. The van der Waals surface area contributed by atoms with Crippen molar-refractivity contribution in [3.63, 3.8) is 0 Å². The van der Waals surface area contributed by atoms with Crippen molar-refractivity contribution in [1.82, 2.24) is 0 Å². The summed E-state index contributed by atoms with van der Waals surface area (Å²) in [7, 11) is 0. The van der Waals surface area contributed by atoms with E-state index in [9.17, 15) is 4.79 Å². The number of ether oxygens (including phenoxy) is 1. The standard InChI is InChI=1S/C17H18O2S2/c1-11(2)19-14-5-3-12(4-6-14)17(18)16-9-13-10-20-8-7-15(13)21-16/h3-6,9,11H,7-8,10H2,1-2H3. The minimum atomic E-state index is 0.121. The second-order valence-electron chi connectivity index (χ2n) is 5.38. The maximum atomic E-state index is 12.6.